The first-order chi connectivity index (χ1) is 12.9. The number of carbonyl (C=O) groups excluding carboxylic acids is 1. The van der Waals surface area contributed by atoms with Crippen LogP contribution in [0.25, 0.3) is 0 Å². The molecule has 1 aliphatic heterocycles. The second-order valence-electron chi connectivity index (χ2n) is 6.81. The molecular weight excluding hydrogens is 350 g/mol. The normalized spacial score (nSPS) is 15.3. The lowest BCUT2D eigenvalue weighted by Crippen LogP contribution is -2.49. The Morgan fingerprint density at radius 1 is 1.22 bits per heavy atom. The van der Waals surface area contributed by atoms with E-state index >= 15 is 0 Å². The summed E-state index contributed by atoms with van der Waals surface area (Å²) >= 11 is 0. The second-order valence-corrected chi connectivity index (χ2v) is 6.81. The maximum absolute atomic E-state index is 12.5. The molecule has 3 heterocycles. The molecule has 0 spiro atoms. The standard InChI is InChI=1S/C17H25N7O3/c1-4-22-11-15(14(3)19-22)10-20-5-7-21(8-6-20)17(25)12-23-16(24(26)27)9-13(2)18-23/h9,11H,4-8,10,12H2,1-3H3. The monoisotopic (exact) mass is 375 g/mol. The van der Waals surface area contributed by atoms with Gasteiger partial charge in [0.25, 0.3) is 5.91 Å². The topological polar surface area (TPSA) is 102 Å². The third kappa shape index (κ3) is 4.33. The molecule has 1 aliphatic rings. The summed E-state index contributed by atoms with van der Waals surface area (Å²) in [4.78, 5) is 27.1. The molecule has 0 bridgehead atoms. The molecule has 1 amide bonds. The van der Waals surface area contributed by atoms with Crippen molar-refractivity contribution in [2.45, 2.75) is 40.4 Å². The summed E-state index contributed by atoms with van der Waals surface area (Å²) in [5.74, 6) is -0.293. The molecule has 10 nitrogen and oxygen atoms in total. The van der Waals surface area contributed by atoms with Crippen molar-refractivity contribution in [2.75, 3.05) is 26.2 Å². The van der Waals surface area contributed by atoms with Crippen LogP contribution >= 0.6 is 0 Å². The Hall–Kier alpha value is -2.75. The molecule has 2 aromatic heterocycles. The number of piperazine rings is 1. The SMILES string of the molecule is CCn1cc(CN2CCN(C(=O)Cn3nc(C)cc3[N+](=O)[O-])CC2)c(C)n1. The zero-order valence-corrected chi connectivity index (χ0v) is 16.0. The highest BCUT2D eigenvalue weighted by Gasteiger charge is 2.26. The largest absolute Gasteiger partial charge is 0.358 e. The van der Waals surface area contributed by atoms with E-state index in [-0.39, 0.29) is 18.3 Å². The van der Waals surface area contributed by atoms with E-state index in [4.69, 9.17) is 0 Å². The van der Waals surface area contributed by atoms with Crippen molar-refractivity contribution in [3.05, 3.63) is 39.3 Å². The highest BCUT2D eigenvalue weighted by molar-refractivity contribution is 5.76. The van der Waals surface area contributed by atoms with Crippen molar-refractivity contribution in [2.24, 2.45) is 0 Å². The third-order valence-corrected chi connectivity index (χ3v) is 4.84. The van der Waals surface area contributed by atoms with Crippen molar-refractivity contribution in [1.82, 2.24) is 29.4 Å². The van der Waals surface area contributed by atoms with E-state index in [0.717, 1.165) is 31.9 Å². The average molecular weight is 375 g/mol. The number of aryl methyl sites for hydroxylation is 3. The number of amides is 1. The van der Waals surface area contributed by atoms with E-state index in [2.05, 4.69) is 28.2 Å². The highest BCUT2D eigenvalue weighted by atomic mass is 16.6. The summed E-state index contributed by atoms with van der Waals surface area (Å²) in [6, 6.07) is 1.38. The molecule has 2 aromatic rings. The molecular formula is C17H25N7O3. The Labute approximate surface area is 157 Å². The van der Waals surface area contributed by atoms with E-state index in [1.807, 2.05) is 11.6 Å². The second kappa shape index (κ2) is 7.87. The van der Waals surface area contributed by atoms with Gasteiger partial charge in [-0.15, -0.1) is 4.68 Å². The lowest BCUT2D eigenvalue weighted by Gasteiger charge is -2.34. The molecule has 0 aliphatic carbocycles. The predicted octanol–water partition coefficient (Wildman–Crippen LogP) is 0.969. The average Bonchev–Trinajstić information content (AvgIpc) is 3.18. The third-order valence-electron chi connectivity index (χ3n) is 4.84. The van der Waals surface area contributed by atoms with Gasteiger partial charge in [-0.3, -0.25) is 14.4 Å². The van der Waals surface area contributed by atoms with Gasteiger partial charge in [0.2, 0.25) is 0 Å². The van der Waals surface area contributed by atoms with Crippen molar-refractivity contribution in [1.29, 1.82) is 0 Å². The maximum Gasteiger partial charge on any atom is 0.345 e. The van der Waals surface area contributed by atoms with Crippen LogP contribution in [-0.2, 0) is 24.4 Å². The van der Waals surface area contributed by atoms with Crippen LogP contribution in [0.5, 0.6) is 0 Å². The van der Waals surface area contributed by atoms with E-state index < -0.39 is 4.92 Å². The van der Waals surface area contributed by atoms with Gasteiger partial charge in [0.15, 0.2) is 6.54 Å². The zero-order valence-electron chi connectivity index (χ0n) is 16.0. The molecule has 0 atom stereocenters. The fraction of sp³-hybridized carbons (Fsp3) is 0.588. The quantitative estimate of drug-likeness (QED) is 0.551. The van der Waals surface area contributed by atoms with E-state index in [0.29, 0.717) is 18.8 Å². The van der Waals surface area contributed by atoms with Gasteiger partial charge in [-0.1, -0.05) is 5.10 Å². The predicted molar refractivity (Wildman–Crippen MR) is 98.1 cm³/mol. The Morgan fingerprint density at radius 2 is 1.93 bits per heavy atom. The molecule has 1 fully saturated rings. The summed E-state index contributed by atoms with van der Waals surface area (Å²) in [5, 5.41) is 19.6. The highest BCUT2D eigenvalue weighted by Crippen LogP contribution is 2.15. The lowest BCUT2D eigenvalue weighted by molar-refractivity contribution is -0.392. The summed E-state index contributed by atoms with van der Waals surface area (Å²) < 4.78 is 3.11. The van der Waals surface area contributed by atoms with Crippen molar-refractivity contribution >= 4 is 11.7 Å². The molecule has 146 valence electrons. The molecule has 3 rings (SSSR count). The van der Waals surface area contributed by atoms with Gasteiger partial charge in [0.05, 0.1) is 17.5 Å². The summed E-state index contributed by atoms with van der Waals surface area (Å²) in [7, 11) is 0. The number of hydrogen-bond acceptors (Lipinski definition) is 6. The molecule has 10 heteroatoms. The first-order valence-electron chi connectivity index (χ1n) is 9.09. The Kier molecular flexibility index (Phi) is 5.54. The van der Waals surface area contributed by atoms with E-state index in [9.17, 15) is 14.9 Å². The van der Waals surface area contributed by atoms with E-state index in [1.54, 1.807) is 11.8 Å². The van der Waals surface area contributed by atoms with Gasteiger partial charge in [-0.2, -0.15) is 5.10 Å². The van der Waals surface area contributed by atoms with Crippen molar-refractivity contribution in [3.8, 4) is 0 Å². The molecule has 27 heavy (non-hydrogen) atoms. The van der Waals surface area contributed by atoms with E-state index in [1.165, 1.54) is 16.3 Å². The minimum absolute atomic E-state index is 0.105. The van der Waals surface area contributed by atoms with Crippen LogP contribution < -0.4 is 0 Å². The number of rotatable bonds is 6. The van der Waals surface area contributed by atoms with Crippen LogP contribution in [0, 0.1) is 24.0 Å². The summed E-state index contributed by atoms with van der Waals surface area (Å²) in [6.45, 7) is 10.1. The number of nitro groups is 1. The maximum atomic E-state index is 12.5. The Morgan fingerprint density at radius 3 is 2.52 bits per heavy atom. The molecule has 1 saturated heterocycles. The molecule has 0 N–H and O–H groups in total. The molecule has 0 radical (unpaired) electrons. The number of nitrogens with zero attached hydrogens (tertiary/aromatic N) is 7. The fourth-order valence-electron chi connectivity index (χ4n) is 3.30. The number of carbonyl (C=O) groups is 1. The smallest absolute Gasteiger partial charge is 0.345 e. The van der Waals surface area contributed by atoms with Crippen molar-refractivity contribution in [3.63, 3.8) is 0 Å². The van der Waals surface area contributed by atoms with Crippen molar-refractivity contribution < 1.29 is 9.72 Å². The van der Waals surface area contributed by atoms with Gasteiger partial charge < -0.3 is 15.0 Å². The van der Waals surface area contributed by atoms with Crippen LogP contribution in [0.3, 0.4) is 0 Å². The van der Waals surface area contributed by atoms with Crippen LogP contribution in [-0.4, -0.2) is 66.4 Å². The Balaban J connectivity index is 1.55. The minimum atomic E-state index is -0.510. The van der Waals surface area contributed by atoms with Crippen LogP contribution in [0.15, 0.2) is 12.3 Å². The lowest BCUT2D eigenvalue weighted by atomic mass is 10.2. The Bertz CT molecular complexity index is 834. The fourth-order valence-corrected chi connectivity index (χ4v) is 3.30. The van der Waals surface area contributed by atoms with Gasteiger partial charge in [-0.05, 0) is 25.7 Å². The minimum Gasteiger partial charge on any atom is -0.358 e. The number of hydrogen-bond donors (Lipinski definition) is 0. The van der Waals surface area contributed by atoms with Gasteiger partial charge in [-0.25, -0.2) is 0 Å². The van der Waals surface area contributed by atoms with Gasteiger partial charge >= 0.3 is 5.82 Å². The van der Waals surface area contributed by atoms with Crippen LogP contribution in [0.1, 0.15) is 23.9 Å². The van der Waals surface area contributed by atoms with Gasteiger partial charge in [0, 0.05) is 51.0 Å². The van der Waals surface area contributed by atoms with Crippen LogP contribution in [0.2, 0.25) is 0 Å². The summed E-state index contributed by atoms with van der Waals surface area (Å²) in [6.07, 6.45) is 2.08. The molecule has 0 unspecified atom stereocenters. The first kappa shape index (κ1) is 19.0. The zero-order chi connectivity index (χ0) is 19.6. The summed E-state index contributed by atoms with van der Waals surface area (Å²) in [5.41, 5.74) is 2.78. The van der Waals surface area contributed by atoms with Crippen LogP contribution in [0.4, 0.5) is 5.82 Å². The molecule has 0 saturated carbocycles. The van der Waals surface area contributed by atoms with Gasteiger partial charge in [0.1, 0.15) is 0 Å². The number of aromatic nitrogens is 4. The molecule has 0 aromatic carbocycles. The first-order valence-corrected chi connectivity index (χ1v) is 9.09.